The summed E-state index contributed by atoms with van der Waals surface area (Å²) in [5.74, 6) is -0.149. The number of rotatable bonds is 3. The van der Waals surface area contributed by atoms with E-state index in [9.17, 15) is 4.79 Å². The van der Waals surface area contributed by atoms with E-state index >= 15 is 0 Å². The molecule has 1 aliphatic rings. The molecule has 0 spiro atoms. The molecule has 0 aliphatic carbocycles. The third-order valence-electron chi connectivity index (χ3n) is 3.08. The summed E-state index contributed by atoms with van der Waals surface area (Å²) in [7, 11) is 0. The van der Waals surface area contributed by atoms with Gasteiger partial charge in [0.25, 0.3) is 0 Å². The second-order valence-electron chi connectivity index (χ2n) is 4.74. The second kappa shape index (κ2) is 4.85. The Labute approximate surface area is 101 Å². The van der Waals surface area contributed by atoms with Crippen molar-refractivity contribution in [3.8, 4) is 0 Å². The third kappa shape index (κ3) is 2.84. The van der Waals surface area contributed by atoms with Crippen LogP contribution in [-0.4, -0.2) is 24.7 Å². The molecule has 4 heteroatoms. The molecular weight excluding hydrogens is 216 g/mol. The van der Waals surface area contributed by atoms with Gasteiger partial charge in [0.05, 0.1) is 12.1 Å². The van der Waals surface area contributed by atoms with Crippen molar-refractivity contribution >= 4 is 5.91 Å². The number of benzene rings is 1. The van der Waals surface area contributed by atoms with Crippen molar-refractivity contribution in [1.82, 2.24) is 5.32 Å². The van der Waals surface area contributed by atoms with Gasteiger partial charge in [-0.2, -0.15) is 0 Å². The third-order valence-corrected chi connectivity index (χ3v) is 3.08. The Morgan fingerprint density at radius 1 is 1.47 bits per heavy atom. The number of hydrogen-bond acceptors (Lipinski definition) is 3. The van der Waals surface area contributed by atoms with Gasteiger partial charge in [0.1, 0.15) is 6.04 Å². The first-order chi connectivity index (χ1) is 8.11. The minimum Gasteiger partial charge on any atom is -0.379 e. The molecule has 2 rings (SSSR count). The zero-order chi connectivity index (χ0) is 12.3. The quantitative estimate of drug-likeness (QED) is 0.819. The first kappa shape index (κ1) is 12.1. The fourth-order valence-corrected chi connectivity index (χ4v) is 1.95. The van der Waals surface area contributed by atoms with Crippen LogP contribution in [0.4, 0.5) is 0 Å². The lowest BCUT2D eigenvalue weighted by Crippen LogP contribution is -2.49. The van der Waals surface area contributed by atoms with Crippen molar-refractivity contribution in [1.29, 1.82) is 0 Å². The molecular formula is C13H18N2O2. The van der Waals surface area contributed by atoms with E-state index in [0.29, 0.717) is 13.2 Å². The van der Waals surface area contributed by atoms with Gasteiger partial charge in [-0.05, 0) is 18.9 Å². The Morgan fingerprint density at radius 2 is 2.18 bits per heavy atom. The van der Waals surface area contributed by atoms with Gasteiger partial charge in [-0.15, -0.1) is 0 Å². The van der Waals surface area contributed by atoms with Crippen LogP contribution in [0.15, 0.2) is 30.3 Å². The van der Waals surface area contributed by atoms with E-state index in [2.05, 4.69) is 5.32 Å². The van der Waals surface area contributed by atoms with E-state index < -0.39 is 6.04 Å². The molecule has 17 heavy (non-hydrogen) atoms. The number of hydrogen-bond donors (Lipinski definition) is 2. The highest BCUT2D eigenvalue weighted by molar-refractivity contribution is 5.83. The highest BCUT2D eigenvalue weighted by Gasteiger charge is 2.32. The Hall–Kier alpha value is -1.39. The second-order valence-corrected chi connectivity index (χ2v) is 4.74. The maximum Gasteiger partial charge on any atom is 0.242 e. The van der Waals surface area contributed by atoms with Crippen molar-refractivity contribution in [2.75, 3.05) is 13.2 Å². The Morgan fingerprint density at radius 3 is 2.76 bits per heavy atom. The Balaban J connectivity index is 2.01. The molecule has 1 amide bonds. The molecule has 1 aliphatic heterocycles. The lowest BCUT2D eigenvalue weighted by atomic mass is 10.00. The maximum absolute atomic E-state index is 12.0. The number of carbonyl (C=O) groups is 1. The Kier molecular flexibility index (Phi) is 3.45. The number of carbonyl (C=O) groups excluding carboxylic acids is 1. The zero-order valence-corrected chi connectivity index (χ0v) is 9.98. The maximum atomic E-state index is 12.0. The predicted octanol–water partition coefficient (Wildman–Crippen LogP) is 0.982. The summed E-state index contributed by atoms with van der Waals surface area (Å²) in [6, 6.07) is 8.76. The van der Waals surface area contributed by atoms with Crippen LogP contribution < -0.4 is 11.1 Å². The van der Waals surface area contributed by atoms with Gasteiger partial charge >= 0.3 is 0 Å². The molecule has 1 aromatic carbocycles. The molecule has 92 valence electrons. The summed E-state index contributed by atoms with van der Waals surface area (Å²) < 4.78 is 5.29. The summed E-state index contributed by atoms with van der Waals surface area (Å²) in [4.78, 5) is 12.0. The van der Waals surface area contributed by atoms with E-state index in [4.69, 9.17) is 10.5 Å². The van der Waals surface area contributed by atoms with Crippen LogP contribution in [0, 0.1) is 0 Å². The molecule has 1 saturated heterocycles. The average molecular weight is 234 g/mol. The molecule has 0 saturated carbocycles. The normalized spacial score (nSPS) is 25.5. The van der Waals surface area contributed by atoms with Crippen LogP contribution in [0.2, 0.25) is 0 Å². The van der Waals surface area contributed by atoms with Crippen molar-refractivity contribution in [2.24, 2.45) is 5.73 Å². The van der Waals surface area contributed by atoms with Gasteiger partial charge < -0.3 is 15.8 Å². The number of nitrogens with two attached hydrogens (primary N) is 1. The van der Waals surface area contributed by atoms with E-state index in [1.807, 2.05) is 37.3 Å². The first-order valence-electron chi connectivity index (χ1n) is 5.81. The molecule has 0 bridgehead atoms. The topological polar surface area (TPSA) is 64.4 Å². The number of ether oxygens (including phenoxy) is 1. The van der Waals surface area contributed by atoms with Crippen LogP contribution in [0.5, 0.6) is 0 Å². The summed E-state index contributed by atoms with van der Waals surface area (Å²) in [6.07, 6.45) is 0.834. The van der Waals surface area contributed by atoms with E-state index in [1.54, 1.807) is 0 Å². The monoisotopic (exact) mass is 234 g/mol. The molecule has 2 atom stereocenters. The smallest absolute Gasteiger partial charge is 0.242 e. The van der Waals surface area contributed by atoms with Crippen LogP contribution in [-0.2, 0) is 9.53 Å². The highest BCUT2D eigenvalue weighted by atomic mass is 16.5. The minimum atomic E-state index is -0.617. The molecule has 1 heterocycles. The summed E-state index contributed by atoms with van der Waals surface area (Å²) in [5.41, 5.74) is 6.47. The fourth-order valence-electron chi connectivity index (χ4n) is 1.95. The first-order valence-corrected chi connectivity index (χ1v) is 5.81. The molecule has 1 unspecified atom stereocenters. The standard InChI is InChI=1S/C13H18N2O2/c1-13(7-8-17-9-13)15-12(16)11(14)10-5-3-2-4-6-10/h2-6,11H,7-9,14H2,1H3,(H,15,16)/t11-,13?/m1/s1. The largest absolute Gasteiger partial charge is 0.379 e. The average Bonchev–Trinajstić information content (AvgIpc) is 2.76. The van der Waals surface area contributed by atoms with Crippen LogP contribution in [0.1, 0.15) is 24.9 Å². The van der Waals surface area contributed by atoms with Gasteiger partial charge in [0.2, 0.25) is 5.91 Å². The molecule has 0 aromatic heterocycles. The van der Waals surface area contributed by atoms with E-state index in [1.165, 1.54) is 0 Å². The summed E-state index contributed by atoms with van der Waals surface area (Å²) >= 11 is 0. The van der Waals surface area contributed by atoms with Crippen molar-refractivity contribution in [3.63, 3.8) is 0 Å². The minimum absolute atomic E-state index is 0.149. The Bertz CT molecular complexity index is 386. The van der Waals surface area contributed by atoms with Crippen molar-refractivity contribution < 1.29 is 9.53 Å². The predicted molar refractivity (Wildman–Crippen MR) is 65.4 cm³/mol. The molecule has 0 radical (unpaired) electrons. The van der Waals surface area contributed by atoms with Gasteiger partial charge in [0.15, 0.2) is 0 Å². The van der Waals surface area contributed by atoms with Crippen LogP contribution >= 0.6 is 0 Å². The SMILES string of the molecule is CC1(NC(=O)[C@H](N)c2ccccc2)CCOC1. The highest BCUT2D eigenvalue weighted by Crippen LogP contribution is 2.19. The summed E-state index contributed by atoms with van der Waals surface area (Å²) in [5, 5.41) is 2.96. The van der Waals surface area contributed by atoms with E-state index in [0.717, 1.165) is 12.0 Å². The molecule has 4 nitrogen and oxygen atoms in total. The number of nitrogens with one attached hydrogen (secondary N) is 1. The van der Waals surface area contributed by atoms with Crippen molar-refractivity contribution in [3.05, 3.63) is 35.9 Å². The van der Waals surface area contributed by atoms with Crippen molar-refractivity contribution in [2.45, 2.75) is 24.9 Å². The molecule has 3 N–H and O–H groups in total. The van der Waals surface area contributed by atoms with Gasteiger partial charge in [-0.1, -0.05) is 30.3 Å². The van der Waals surface area contributed by atoms with Crippen LogP contribution in [0.25, 0.3) is 0 Å². The van der Waals surface area contributed by atoms with Crippen LogP contribution in [0.3, 0.4) is 0 Å². The molecule has 1 aromatic rings. The number of amides is 1. The zero-order valence-electron chi connectivity index (χ0n) is 9.98. The van der Waals surface area contributed by atoms with E-state index in [-0.39, 0.29) is 11.4 Å². The fraction of sp³-hybridized carbons (Fsp3) is 0.462. The van der Waals surface area contributed by atoms with Gasteiger partial charge in [0, 0.05) is 6.61 Å². The lowest BCUT2D eigenvalue weighted by molar-refractivity contribution is -0.124. The molecule has 1 fully saturated rings. The summed E-state index contributed by atoms with van der Waals surface area (Å²) in [6.45, 7) is 3.23. The van der Waals surface area contributed by atoms with Gasteiger partial charge in [-0.3, -0.25) is 4.79 Å². The lowest BCUT2D eigenvalue weighted by Gasteiger charge is -2.25. The van der Waals surface area contributed by atoms with Gasteiger partial charge in [-0.25, -0.2) is 0 Å².